The molecule has 0 saturated carbocycles. The number of benzene rings is 2. The average molecular weight is 379 g/mol. The predicted molar refractivity (Wildman–Crippen MR) is 102 cm³/mol. The van der Waals surface area contributed by atoms with Crippen LogP contribution in [-0.4, -0.2) is 19.0 Å². The molecule has 1 fully saturated rings. The highest BCUT2D eigenvalue weighted by molar-refractivity contribution is 5.85. The molecule has 0 radical (unpaired) electrons. The Kier molecular flexibility index (Phi) is 7.88. The lowest BCUT2D eigenvalue weighted by Crippen LogP contribution is -2.37. The molecule has 1 amide bonds. The molecule has 1 saturated heterocycles. The van der Waals surface area contributed by atoms with Crippen LogP contribution in [0.5, 0.6) is 5.75 Å². The highest BCUT2D eigenvalue weighted by Gasteiger charge is 2.20. The van der Waals surface area contributed by atoms with Gasteiger partial charge in [-0.1, -0.05) is 24.3 Å². The molecule has 0 bridgehead atoms. The van der Waals surface area contributed by atoms with Crippen LogP contribution in [0, 0.1) is 11.7 Å². The molecule has 1 aliphatic heterocycles. The van der Waals surface area contributed by atoms with Crippen molar-refractivity contribution >= 4 is 18.3 Å². The van der Waals surface area contributed by atoms with Crippen molar-refractivity contribution in [1.29, 1.82) is 0 Å². The Balaban J connectivity index is 0.00000243. The van der Waals surface area contributed by atoms with Gasteiger partial charge in [0.2, 0.25) is 5.91 Å². The van der Waals surface area contributed by atoms with Gasteiger partial charge >= 0.3 is 0 Å². The normalized spacial score (nSPS) is 14.3. The summed E-state index contributed by atoms with van der Waals surface area (Å²) in [7, 11) is 0. The van der Waals surface area contributed by atoms with E-state index in [4.69, 9.17) is 4.74 Å². The Bertz CT molecular complexity index is 703. The van der Waals surface area contributed by atoms with Gasteiger partial charge in [-0.15, -0.1) is 12.4 Å². The van der Waals surface area contributed by atoms with Crippen LogP contribution in [0.4, 0.5) is 4.39 Å². The van der Waals surface area contributed by atoms with Gasteiger partial charge in [0.1, 0.15) is 18.2 Å². The van der Waals surface area contributed by atoms with E-state index in [0.717, 1.165) is 42.8 Å². The third kappa shape index (κ3) is 6.00. The molecule has 0 unspecified atom stereocenters. The van der Waals surface area contributed by atoms with E-state index in [1.54, 1.807) is 6.07 Å². The number of piperidine rings is 1. The summed E-state index contributed by atoms with van der Waals surface area (Å²) in [5.74, 6) is 0.710. The number of ether oxygens (including phenoxy) is 1. The lowest BCUT2D eigenvalue weighted by atomic mass is 9.97. The Morgan fingerprint density at radius 2 is 1.85 bits per heavy atom. The van der Waals surface area contributed by atoms with Crippen molar-refractivity contribution in [2.75, 3.05) is 13.1 Å². The molecule has 26 heavy (non-hydrogen) atoms. The number of amides is 1. The first kappa shape index (κ1) is 20.2. The molecule has 3 rings (SSSR count). The number of carbonyl (C=O) groups is 1. The minimum absolute atomic E-state index is 0. The summed E-state index contributed by atoms with van der Waals surface area (Å²) in [6.07, 6.45) is 1.80. The molecule has 1 heterocycles. The maximum Gasteiger partial charge on any atom is 0.223 e. The second-order valence-corrected chi connectivity index (χ2v) is 6.30. The number of halogens is 2. The van der Waals surface area contributed by atoms with E-state index in [-0.39, 0.29) is 30.0 Å². The van der Waals surface area contributed by atoms with Crippen LogP contribution < -0.4 is 15.4 Å². The fourth-order valence-electron chi connectivity index (χ4n) is 2.91. The zero-order valence-corrected chi connectivity index (χ0v) is 15.4. The second kappa shape index (κ2) is 10.1. The topological polar surface area (TPSA) is 50.4 Å². The zero-order valence-electron chi connectivity index (χ0n) is 14.5. The van der Waals surface area contributed by atoms with E-state index >= 15 is 0 Å². The number of hydrogen-bond donors (Lipinski definition) is 2. The van der Waals surface area contributed by atoms with Gasteiger partial charge in [0, 0.05) is 12.5 Å². The van der Waals surface area contributed by atoms with Crippen molar-refractivity contribution < 1.29 is 13.9 Å². The molecular weight excluding hydrogens is 355 g/mol. The molecule has 4 nitrogen and oxygen atoms in total. The van der Waals surface area contributed by atoms with Crippen molar-refractivity contribution in [2.24, 2.45) is 5.92 Å². The summed E-state index contributed by atoms with van der Waals surface area (Å²) in [5.41, 5.74) is 1.82. The largest absolute Gasteiger partial charge is 0.489 e. The minimum atomic E-state index is -0.263. The van der Waals surface area contributed by atoms with E-state index in [1.807, 2.05) is 30.3 Å². The van der Waals surface area contributed by atoms with Crippen LogP contribution in [0.1, 0.15) is 24.0 Å². The average Bonchev–Trinajstić information content (AvgIpc) is 2.66. The van der Waals surface area contributed by atoms with E-state index in [1.165, 1.54) is 12.1 Å². The molecule has 1 aliphatic rings. The summed E-state index contributed by atoms with van der Waals surface area (Å²) in [4.78, 5) is 12.1. The Hall–Kier alpha value is -2.11. The highest BCUT2D eigenvalue weighted by Crippen LogP contribution is 2.16. The van der Waals surface area contributed by atoms with Crippen LogP contribution in [0.25, 0.3) is 0 Å². The molecule has 2 N–H and O–H groups in total. The van der Waals surface area contributed by atoms with Crippen molar-refractivity contribution in [3.05, 3.63) is 65.5 Å². The molecular formula is C20H24ClFN2O2. The number of rotatable bonds is 6. The van der Waals surface area contributed by atoms with E-state index in [0.29, 0.717) is 13.2 Å². The van der Waals surface area contributed by atoms with Crippen LogP contribution in [0.3, 0.4) is 0 Å². The first-order valence-corrected chi connectivity index (χ1v) is 8.65. The summed E-state index contributed by atoms with van der Waals surface area (Å²) >= 11 is 0. The second-order valence-electron chi connectivity index (χ2n) is 6.30. The quantitative estimate of drug-likeness (QED) is 0.809. The summed E-state index contributed by atoms with van der Waals surface area (Å²) in [5, 5.41) is 6.26. The molecule has 0 atom stereocenters. The lowest BCUT2D eigenvalue weighted by molar-refractivity contribution is -0.125. The zero-order chi connectivity index (χ0) is 17.5. The number of carbonyl (C=O) groups excluding carboxylic acids is 1. The van der Waals surface area contributed by atoms with Gasteiger partial charge in [-0.25, -0.2) is 4.39 Å². The maximum atomic E-state index is 13.1. The third-order valence-electron chi connectivity index (χ3n) is 4.39. The SMILES string of the molecule is Cl.O=C(NCc1ccc(OCc2cccc(F)c2)cc1)C1CCNCC1. The van der Waals surface area contributed by atoms with Gasteiger partial charge in [-0.05, 0) is 61.3 Å². The lowest BCUT2D eigenvalue weighted by Gasteiger charge is -2.21. The number of nitrogens with one attached hydrogen (secondary N) is 2. The molecule has 0 aliphatic carbocycles. The molecule has 2 aromatic carbocycles. The fourth-order valence-corrected chi connectivity index (χ4v) is 2.91. The van der Waals surface area contributed by atoms with Gasteiger partial charge in [0.25, 0.3) is 0 Å². The summed E-state index contributed by atoms with van der Waals surface area (Å²) in [6, 6.07) is 14.0. The van der Waals surface area contributed by atoms with Gasteiger partial charge in [0.15, 0.2) is 0 Å². The van der Waals surface area contributed by atoms with Crippen molar-refractivity contribution in [1.82, 2.24) is 10.6 Å². The van der Waals surface area contributed by atoms with Crippen molar-refractivity contribution in [3.8, 4) is 5.75 Å². The first-order chi connectivity index (χ1) is 12.2. The summed E-state index contributed by atoms with van der Waals surface area (Å²) in [6.45, 7) is 2.67. The molecule has 0 spiro atoms. The Morgan fingerprint density at radius 3 is 2.54 bits per heavy atom. The molecule has 2 aromatic rings. The fraction of sp³-hybridized carbons (Fsp3) is 0.350. The van der Waals surface area contributed by atoms with Crippen molar-refractivity contribution in [2.45, 2.75) is 26.0 Å². The smallest absolute Gasteiger partial charge is 0.223 e. The van der Waals surface area contributed by atoms with Crippen LogP contribution in [0.15, 0.2) is 48.5 Å². The number of hydrogen-bond acceptors (Lipinski definition) is 3. The van der Waals surface area contributed by atoms with E-state index in [2.05, 4.69) is 10.6 Å². The molecule has 0 aromatic heterocycles. The Morgan fingerprint density at radius 1 is 1.12 bits per heavy atom. The standard InChI is InChI=1S/C20H23FN2O2.ClH/c21-18-3-1-2-16(12-18)14-25-19-6-4-15(5-7-19)13-23-20(24)17-8-10-22-11-9-17;/h1-7,12,17,22H,8-11,13-14H2,(H,23,24);1H. The highest BCUT2D eigenvalue weighted by atomic mass is 35.5. The molecule has 6 heteroatoms. The van der Waals surface area contributed by atoms with Gasteiger partial charge in [-0.3, -0.25) is 4.79 Å². The van der Waals surface area contributed by atoms with Crippen LogP contribution in [0.2, 0.25) is 0 Å². The summed E-state index contributed by atoms with van der Waals surface area (Å²) < 4.78 is 18.8. The van der Waals surface area contributed by atoms with Gasteiger partial charge < -0.3 is 15.4 Å². The third-order valence-corrected chi connectivity index (χ3v) is 4.39. The Labute approximate surface area is 159 Å². The maximum absolute atomic E-state index is 13.1. The van der Waals surface area contributed by atoms with Crippen LogP contribution >= 0.6 is 12.4 Å². The minimum Gasteiger partial charge on any atom is -0.489 e. The van der Waals surface area contributed by atoms with Gasteiger partial charge in [-0.2, -0.15) is 0 Å². The van der Waals surface area contributed by atoms with Crippen molar-refractivity contribution in [3.63, 3.8) is 0 Å². The van der Waals surface area contributed by atoms with E-state index < -0.39 is 0 Å². The van der Waals surface area contributed by atoms with Gasteiger partial charge in [0.05, 0.1) is 0 Å². The van der Waals surface area contributed by atoms with E-state index in [9.17, 15) is 9.18 Å². The predicted octanol–water partition coefficient (Wildman–Crippen LogP) is 3.44. The molecule has 140 valence electrons. The van der Waals surface area contributed by atoms with Crippen LogP contribution in [-0.2, 0) is 17.9 Å². The first-order valence-electron chi connectivity index (χ1n) is 8.65. The monoisotopic (exact) mass is 378 g/mol.